The minimum absolute atomic E-state index is 0.0256. The molecule has 3 aromatic rings. The van der Waals surface area contributed by atoms with Gasteiger partial charge in [-0.2, -0.15) is 0 Å². The van der Waals surface area contributed by atoms with E-state index in [-0.39, 0.29) is 52.4 Å². The maximum atomic E-state index is 15.4. The van der Waals surface area contributed by atoms with Crippen LogP contribution in [0, 0.1) is 11.2 Å². The molecule has 1 spiro atoms. The van der Waals surface area contributed by atoms with E-state index in [0.717, 1.165) is 12.8 Å². The number of carbonyl (C=O) groups excluding carboxylic acids is 1. The summed E-state index contributed by atoms with van der Waals surface area (Å²) < 4.78 is 44.4. The molecule has 14 heteroatoms. The average Bonchev–Trinajstić information content (AvgIpc) is 3.31. The van der Waals surface area contributed by atoms with Crippen molar-refractivity contribution in [1.29, 1.82) is 0 Å². The van der Waals surface area contributed by atoms with E-state index in [0.29, 0.717) is 40.4 Å². The lowest BCUT2D eigenvalue weighted by atomic mass is 9.67. The molecule has 6 rings (SSSR count). The number of hydrogen-bond acceptors (Lipinski definition) is 11. The smallest absolute Gasteiger partial charge is 0.410 e. The zero-order valence-electron chi connectivity index (χ0n) is 25.5. The largest absolute Gasteiger partial charge is 0.444 e. The third-order valence-corrected chi connectivity index (χ3v) is 11.5. The highest BCUT2D eigenvalue weighted by molar-refractivity contribution is 7.92. The number of sulfone groups is 1. The SMILES string of the molecule is C[C@H]1CN(C(=O)OC(C)(C)C)C[C@H](C)N1c1nc(-c2cccc(N)c2F)c(-c2ccnc(NC3CC4(C3)CS(=O)(=O)C4)n2)s1. The van der Waals surface area contributed by atoms with Gasteiger partial charge in [-0.15, -0.1) is 0 Å². The maximum absolute atomic E-state index is 15.4. The quantitative estimate of drug-likeness (QED) is 0.372. The fourth-order valence-corrected chi connectivity index (χ4v) is 10.1. The van der Waals surface area contributed by atoms with Gasteiger partial charge in [0.15, 0.2) is 20.8 Å². The molecule has 0 unspecified atom stereocenters. The van der Waals surface area contributed by atoms with Gasteiger partial charge in [0, 0.05) is 48.4 Å². The molecule has 2 aromatic heterocycles. The molecule has 0 radical (unpaired) electrons. The van der Waals surface area contributed by atoms with Gasteiger partial charge in [-0.05, 0) is 65.7 Å². The van der Waals surface area contributed by atoms with Crippen LogP contribution in [-0.2, 0) is 14.6 Å². The Morgan fingerprint density at radius 3 is 2.45 bits per heavy atom. The van der Waals surface area contributed by atoms with Crippen LogP contribution in [0.1, 0.15) is 47.5 Å². The van der Waals surface area contributed by atoms with Crippen molar-refractivity contribution in [2.45, 2.75) is 71.2 Å². The number of halogens is 1. The van der Waals surface area contributed by atoms with E-state index in [1.807, 2.05) is 34.6 Å². The van der Waals surface area contributed by atoms with Crippen LogP contribution in [0.15, 0.2) is 30.5 Å². The van der Waals surface area contributed by atoms with Gasteiger partial charge in [0.2, 0.25) is 5.95 Å². The van der Waals surface area contributed by atoms with Crippen LogP contribution in [-0.4, -0.2) is 82.7 Å². The molecule has 2 atom stereocenters. The fourth-order valence-electron chi connectivity index (χ4n) is 6.63. The summed E-state index contributed by atoms with van der Waals surface area (Å²) in [6.07, 6.45) is 2.82. The molecular weight excluding hydrogens is 606 g/mol. The number of nitrogens with zero attached hydrogens (tertiary/aromatic N) is 5. The monoisotopic (exact) mass is 643 g/mol. The lowest BCUT2D eigenvalue weighted by Gasteiger charge is -2.53. The van der Waals surface area contributed by atoms with Crippen LogP contribution in [0.2, 0.25) is 0 Å². The molecule has 1 amide bonds. The highest BCUT2D eigenvalue weighted by Crippen LogP contribution is 2.50. The van der Waals surface area contributed by atoms with E-state index in [2.05, 4.69) is 15.2 Å². The lowest BCUT2D eigenvalue weighted by Crippen LogP contribution is -2.60. The molecule has 3 aliphatic rings. The molecule has 4 heterocycles. The summed E-state index contributed by atoms with van der Waals surface area (Å²) in [6.45, 7) is 10.5. The van der Waals surface area contributed by atoms with Gasteiger partial charge in [-0.1, -0.05) is 17.4 Å². The summed E-state index contributed by atoms with van der Waals surface area (Å²) in [7, 11) is -2.89. The van der Waals surface area contributed by atoms with Crippen molar-refractivity contribution in [1.82, 2.24) is 19.9 Å². The average molecular weight is 644 g/mol. The van der Waals surface area contributed by atoms with Gasteiger partial charge < -0.3 is 25.6 Å². The van der Waals surface area contributed by atoms with E-state index in [9.17, 15) is 13.2 Å². The number of nitrogens with two attached hydrogens (primary N) is 1. The molecule has 44 heavy (non-hydrogen) atoms. The van der Waals surface area contributed by atoms with Crippen molar-refractivity contribution in [3.63, 3.8) is 0 Å². The van der Waals surface area contributed by atoms with Gasteiger partial charge in [0.1, 0.15) is 5.60 Å². The molecule has 3 fully saturated rings. The molecule has 11 nitrogen and oxygen atoms in total. The van der Waals surface area contributed by atoms with Crippen molar-refractivity contribution >= 4 is 44.0 Å². The number of benzene rings is 1. The summed E-state index contributed by atoms with van der Waals surface area (Å²) in [4.78, 5) is 31.5. The summed E-state index contributed by atoms with van der Waals surface area (Å²) in [5, 5.41) is 4.03. The second-order valence-electron chi connectivity index (χ2n) is 13.4. The van der Waals surface area contributed by atoms with Gasteiger partial charge in [-0.25, -0.2) is 32.6 Å². The molecule has 0 bridgehead atoms. The van der Waals surface area contributed by atoms with Crippen molar-refractivity contribution < 1.29 is 22.3 Å². The summed E-state index contributed by atoms with van der Waals surface area (Å²) in [6, 6.07) is 6.54. The Morgan fingerprint density at radius 2 is 1.82 bits per heavy atom. The Bertz CT molecular complexity index is 1680. The highest BCUT2D eigenvalue weighted by Gasteiger charge is 2.56. The minimum Gasteiger partial charge on any atom is -0.444 e. The summed E-state index contributed by atoms with van der Waals surface area (Å²) in [5.74, 6) is 0.372. The first-order valence-corrected chi connectivity index (χ1v) is 17.4. The Hall–Kier alpha value is -3.52. The Balaban J connectivity index is 1.29. The van der Waals surface area contributed by atoms with Crippen LogP contribution in [0.3, 0.4) is 0 Å². The fraction of sp³-hybridized carbons (Fsp3) is 0.533. The van der Waals surface area contributed by atoms with Gasteiger partial charge >= 0.3 is 6.09 Å². The Kier molecular flexibility index (Phi) is 7.51. The number of aromatic nitrogens is 3. The van der Waals surface area contributed by atoms with Crippen LogP contribution in [0.5, 0.6) is 0 Å². The van der Waals surface area contributed by atoms with Crippen molar-refractivity contribution in [3.8, 4) is 21.8 Å². The standard InChI is InChI=1S/C30H38FN7O4S2/c1-17-13-37(28(39)42-29(3,4)5)14-18(2)38(17)27-36-24(20-7-6-8-21(32)23(20)31)25(43-27)22-9-10-33-26(35-22)34-19-11-30(12-19)15-44(40,41)16-30/h6-10,17-19H,11-16,32H2,1-5H3,(H,33,34,35)/t17-,18-/m0/s1. The third-order valence-electron chi connectivity index (χ3n) is 8.32. The first-order valence-electron chi connectivity index (χ1n) is 14.7. The lowest BCUT2D eigenvalue weighted by molar-refractivity contribution is 0.0193. The Morgan fingerprint density at radius 1 is 1.14 bits per heavy atom. The van der Waals surface area contributed by atoms with Crippen LogP contribution < -0.4 is 16.0 Å². The number of nitrogens with one attached hydrogen (secondary N) is 1. The van der Waals surface area contributed by atoms with Crippen LogP contribution >= 0.6 is 11.3 Å². The molecule has 2 aliphatic heterocycles. The predicted molar refractivity (Wildman–Crippen MR) is 170 cm³/mol. The van der Waals surface area contributed by atoms with Crippen LogP contribution in [0.25, 0.3) is 21.8 Å². The van der Waals surface area contributed by atoms with Gasteiger partial charge in [0.05, 0.1) is 33.5 Å². The molecule has 236 valence electrons. The number of piperazine rings is 1. The number of amides is 1. The van der Waals surface area contributed by atoms with E-state index in [1.165, 1.54) is 17.4 Å². The van der Waals surface area contributed by atoms with E-state index < -0.39 is 21.3 Å². The van der Waals surface area contributed by atoms with Crippen LogP contribution in [0.4, 0.5) is 26.0 Å². The Labute approximate surface area is 261 Å². The van der Waals surface area contributed by atoms with Crippen molar-refractivity contribution in [2.24, 2.45) is 5.41 Å². The van der Waals surface area contributed by atoms with Crippen molar-refractivity contribution in [2.75, 3.05) is 40.5 Å². The van der Waals surface area contributed by atoms with E-state index >= 15 is 4.39 Å². The van der Waals surface area contributed by atoms with Gasteiger partial charge in [0.25, 0.3) is 0 Å². The molecular formula is C30H38FN7O4S2. The van der Waals surface area contributed by atoms with Gasteiger partial charge in [-0.3, -0.25) is 0 Å². The molecule has 1 aromatic carbocycles. The number of thiazole rings is 1. The zero-order chi connectivity index (χ0) is 31.6. The third kappa shape index (κ3) is 5.93. The molecule has 1 saturated carbocycles. The van der Waals surface area contributed by atoms with Crippen molar-refractivity contribution in [3.05, 3.63) is 36.3 Å². The molecule has 1 aliphatic carbocycles. The number of anilines is 3. The minimum atomic E-state index is -2.89. The second-order valence-corrected chi connectivity index (χ2v) is 16.5. The zero-order valence-corrected chi connectivity index (χ0v) is 27.1. The first-order chi connectivity index (χ1) is 20.6. The normalized spacial score (nSPS) is 22.8. The second kappa shape index (κ2) is 10.8. The van der Waals surface area contributed by atoms with E-state index in [1.54, 1.807) is 29.3 Å². The first kappa shape index (κ1) is 30.5. The maximum Gasteiger partial charge on any atom is 0.410 e. The highest BCUT2D eigenvalue weighted by atomic mass is 32.2. The summed E-state index contributed by atoms with van der Waals surface area (Å²) in [5.41, 5.74) is 6.55. The number of carbonyl (C=O) groups is 1. The topological polar surface area (TPSA) is 144 Å². The predicted octanol–water partition coefficient (Wildman–Crippen LogP) is 4.81. The number of ether oxygens (including phenoxy) is 1. The number of nitrogen functional groups attached to an aromatic ring is 1. The van der Waals surface area contributed by atoms with E-state index in [4.69, 9.17) is 20.4 Å². The summed E-state index contributed by atoms with van der Waals surface area (Å²) >= 11 is 1.40. The number of hydrogen-bond donors (Lipinski definition) is 2. The molecule has 3 N–H and O–H groups in total. The number of rotatable bonds is 5. The molecule has 2 saturated heterocycles.